The quantitative estimate of drug-likeness (QED) is 0.783. The van der Waals surface area contributed by atoms with Crippen LogP contribution in [0, 0.1) is 0 Å². The first kappa shape index (κ1) is 14.3. The molecule has 94 valence electrons. The van der Waals surface area contributed by atoms with Crippen LogP contribution in [-0.4, -0.2) is 19.0 Å². The molecule has 0 aromatic heterocycles. The second kappa shape index (κ2) is 7.54. The van der Waals surface area contributed by atoms with E-state index in [4.69, 9.17) is 23.2 Å². The Hall–Kier alpha value is -0.770. The van der Waals surface area contributed by atoms with Gasteiger partial charge >= 0.3 is 0 Å². The van der Waals surface area contributed by atoms with Crippen molar-refractivity contribution in [3.05, 3.63) is 33.8 Å². The summed E-state index contributed by atoms with van der Waals surface area (Å²) >= 11 is 11.9. The lowest BCUT2D eigenvalue weighted by atomic mass is 10.2. The zero-order chi connectivity index (χ0) is 12.7. The van der Waals surface area contributed by atoms with Gasteiger partial charge < -0.3 is 10.6 Å². The molecule has 3 nitrogen and oxygen atoms in total. The van der Waals surface area contributed by atoms with E-state index < -0.39 is 0 Å². The highest BCUT2D eigenvalue weighted by atomic mass is 35.5. The van der Waals surface area contributed by atoms with Gasteiger partial charge in [-0.2, -0.15) is 0 Å². The van der Waals surface area contributed by atoms with Crippen molar-refractivity contribution in [2.24, 2.45) is 0 Å². The number of carbonyl (C=O) groups is 1. The molecule has 5 heteroatoms. The molecule has 0 fully saturated rings. The van der Waals surface area contributed by atoms with Crippen LogP contribution in [0.25, 0.3) is 0 Å². The number of amides is 1. The van der Waals surface area contributed by atoms with Gasteiger partial charge in [0.25, 0.3) is 0 Å². The van der Waals surface area contributed by atoms with Gasteiger partial charge in [0.05, 0.1) is 10.0 Å². The Balaban J connectivity index is 2.31. The minimum Gasteiger partial charge on any atom is -0.356 e. The lowest BCUT2D eigenvalue weighted by molar-refractivity contribution is -0.120. The number of rotatable bonds is 6. The van der Waals surface area contributed by atoms with Gasteiger partial charge in [0.2, 0.25) is 5.91 Å². The van der Waals surface area contributed by atoms with Gasteiger partial charge in [-0.25, -0.2) is 0 Å². The number of carbonyl (C=O) groups excluding carboxylic acids is 1. The standard InChI is InChI=1S/C12H16Cl2N2O/c1-2-16-11(17)6-7-15-8-9-4-3-5-10(13)12(9)14/h3-5,15H,2,6-8H2,1H3,(H,16,17). The molecule has 0 aliphatic carbocycles. The summed E-state index contributed by atoms with van der Waals surface area (Å²) in [5.74, 6) is 0.0530. The molecule has 1 aromatic rings. The van der Waals surface area contributed by atoms with E-state index in [1.807, 2.05) is 19.1 Å². The first-order chi connectivity index (χ1) is 8.15. The van der Waals surface area contributed by atoms with Gasteiger partial charge in [-0.15, -0.1) is 0 Å². The summed E-state index contributed by atoms with van der Waals surface area (Å²) in [5.41, 5.74) is 0.940. The van der Waals surface area contributed by atoms with Gasteiger partial charge in [-0.05, 0) is 18.6 Å². The molecule has 0 saturated carbocycles. The lowest BCUT2D eigenvalue weighted by Crippen LogP contribution is -2.27. The van der Waals surface area contributed by atoms with Crippen molar-refractivity contribution in [1.29, 1.82) is 0 Å². The molecule has 17 heavy (non-hydrogen) atoms. The highest BCUT2D eigenvalue weighted by molar-refractivity contribution is 6.42. The van der Waals surface area contributed by atoms with E-state index in [-0.39, 0.29) is 5.91 Å². The molecule has 0 aliphatic rings. The lowest BCUT2D eigenvalue weighted by Gasteiger charge is -2.07. The van der Waals surface area contributed by atoms with Crippen LogP contribution in [-0.2, 0) is 11.3 Å². The third-order valence-corrected chi connectivity index (χ3v) is 3.11. The summed E-state index contributed by atoms with van der Waals surface area (Å²) in [6, 6.07) is 5.52. The Morgan fingerprint density at radius 3 is 2.82 bits per heavy atom. The predicted molar refractivity (Wildman–Crippen MR) is 71.5 cm³/mol. The van der Waals surface area contributed by atoms with Crippen LogP contribution in [0.1, 0.15) is 18.9 Å². The molecule has 0 unspecified atom stereocenters. The fourth-order valence-electron chi connectivity index (χ4n) is 1.40. The van der Waals surface area contributed by atoms with Crippen molar-refractivity contribution in [2.45, 2.75) is 19.9 Å². The largest absolute Gasteiger partial charge is 0.356 e. The summed E-state index contributed by atoms with van der Waals surface area (Å²) < 4.78 is 0. The SMILES string of the molecule is CCNC(=O)CCNCc1cccc(Cl)c1Cl. The maximum atomic E-state index is 11.2. The molecule has 0 bridgehead atoms. The van der Waals surface area contributed by atoms with Crippen molar-refractivity contribution in [3.63, 3.8) is 0 Å². The summed E-state index contributed by atoms with van der Waals surface area (Å²) in [6.07, 6.45) is 0.464. The van der Waals surface area contributed by atoms with Crippen LogP contribution in [0.15, 0.2) is 18.2 Å². The highest BCUT2D eigenvalue weighted by Gasteiger charge is 2.04. The zero-order valence-corrected chi connectivity index (χ0v) is 11.2. The van der Waals surface area contributed by atoms with Crippen LogP contribution in [0.5, 0.6) is 0 Å². The molecule has 1 aromatic carbocycles. The molecule has 2 N–H and O–H groups in total. The number of benzene rings is 1. The normalized spacial score (nSPS) is 10.3. The minimum absolute atomic E-state index is 0.0530. The van der Waals surface area contributed by atoms with E-state index >= 15 is 0 Å². The molecular weight excluding hydrogens is 259 g/mol. The number of halogens is 2. The Labute approximate surface area is 111 Å². The molecule has 0 spiro atoms. The van der Waals surface area contributed by atoms with Crippen molar-refractivity contribution in [1.82, 2.24) is 10.6 Å². The maximum absolute atomic E-state index is 11.2. The van der Waals surface area contributed by atoms with E-state index in [2.05, 4.69) is 10.6 Å². The summed E-state index contributed by atoms with van der Waals surface area (Å²) in [4.78, 5) is 11.2. The molecule has 0 radical (unpaired) electrons. The number of nitrogens with one attached hydrogen (secondary N) is 2. The van der Waals surface area contributed by atoms with Gasteiger partial charge in [-0.1, -0.05) is 35.3 Å². The molecule has 0 saturated heterocycles. The van der Waals surface area contributed by atoms with Crippen LogP contribution < -0.4 is 10.6 Å². The zero-order valence-electron chi connectivity index (χ0n) is 9.72. The van der Waals surface area contributed by atoms with E-state index in [1.165, 1.54) is 0 Å². The fourth-order valence-corrected chi connectivity index (χ4v) is 1.78. The van der Waals surface area contributed by atoms with Crippen molar-refractivity contribution < 1.29 is 4.79 Å². The average Bonchev–Trinajstić information content (AvgIpc) is 2.30. The Bertz CT molecular complexity index is 383. The van der Waals surface area contributed by atoms with Crippen LogP contribution in [0.3, 0.4) is 0 Å². The molecule has 0 atom stereocenters. The summed E-state index contributed by atoms with van der Waals surface area (Å²) in [6.45, 7) is 3.80. The molecule has 0 aliphatic heterocycles. The Morgan fingerprint density at radius 2 is 2.12 bits per heavy atom. The van der Waals surface area contributed by atoms with Crippen LogP contribution in [0.2, 0.25) is 10.0 Å². The van der Waals surface area contributed by atoms with Gasteiger partial charge in [0, 0.05) is 26.1 Å². The Kier molecular flexibility index (Phi) is 6.34. The third-order valence-electron chi connectivity index (χ3n) is 2.25. The first-order valence-corrected chi connectivity index (χ1v) is 6.31. The van der Waals surface area contributed by atoms with E-state index in [9.17, 15) is 4.79 Å². The highest BCUT2D eigenvalue weighted by Crippen LogP contribution is 2.25. The monoisotopic (exact) mass is 274 g/mol. The van der Waals surface area contributed by atoms with Crippen LogP contribution >= 0.6 is 23.2 Å². The van der Waals surface area contributed by atoms with Crippen molar-refractivity contribution in [3.8, 4) is 0 Å². The number of hydrogen-bond acceptors (Lipinski definition) is 2. The maximum Gasteiger partial charge on any atom is 0.221 e. The topological polar surface area (TPSA) is 41.1 Å². The van der Waals surface area contributed by atoms with E-state index in [0.29, 0.717) is 36.1 Å². The second-order valence-electron chi connectivity index (χ2n) is 3.59. The van der Waals surface area contributed by atoms with Crippen molar-refractivity contribution >= 4 is 29.1 Å². The van der Waals surface area contributed by atoms with Gasteiger partial charge in [0.1, 0.15) is 0 Å². The summed E-state index contributed by atoms with van der Waals surface area (Å²) in [7, 11) is 0. The fraction of sp³-hybridized carbons (Fsp3) is 0.417. The van der Waals surface area contributed by atoms with Gasteiger partial charge in [-0.3, -0.25) is 4.79 Å². The smallest absolute Gasteiger partial charge is 0.221 e. The third kappa shape index (κ3) is 4.94. The van der Waals surface area contributed by atoms with Crippen LogP contribution in [0.4, 0.5) is 0 Å². The van der Waals surface area contributed by atoms with Gasteiger partial charge in [0.15, 0.2) is 0 Å². The first-order valence-electron chi connectivity index (χ1n) is 5.55. The van der Waals surface area contributed by atoms with Crippen molar-refractivity contribution in [2.75, 3.05) is 13.1 Å². The molecule has 0 heterocycles. The summed E-state index contributed by atoms with van der Waals surface area (Å²) in [5, 5.41) is 7.01. The minimum atomic E-state index is 0.0530. The molecular formula is C12H16Cl2N2O. The van der Waals surface area contributed by atoms with E-state index in [1.54, 1.807) is 6.07 Å². The number of hydrogen-bond donors (Lipinski definition) is 2. The average molecular weight is 275 g/mol. The Morgan fingerprint density at radius 1 is 1.35 bits per heavy atom. The van der Waals surface area contributed by atoms with E-state index in [0.717, 1.165) is 5.56 Å². The second-order valence-corrected chi connectivity index (χ2v) is 4.38. The predicted octanol–water partition coefficient (Wildman–Crippen LogP) is 2.61. The molecule has 1 amide bonds. The molecule has 1 rings (SSSR count).